The fourth-order valence-corrected chi connectivity index (χ4v) is 5.20. The van der Waals surface area contributed by atoms with Crippen molar-refractivity contribution < 1.29 is 18.3 Å². The van der Waals surface area contributed by atoms with Gasteiger partial charge in [-0.15, -0.1) is 22.7 Å². The highest BCUT2D eigenvalue weighted by Gasteiger charge is 2.17. The number of aliphatic hydroxyl groups is 1. The van der Waals surface area contributed by atoms with Crippen LogP contribution < -0.4 is 4.72 Å². The lowest BCUT2D eigenvalue weighted by molar-refractivity contribution is 0.101. The number of hydrogen-bond donors (Lipinski definition) is 2. The molecule has 2 aromatic heterocycles. The fraction of sp³-hybridized carbons (Fsp3) is 0.167. The fourth-order valence-electron chi connectivity index (χ4n) is 2.34. The van der Waals surface area contributed by atoms with Crippen LogP contribution in [0.25, 0.3) is 0 Å². The second-order valence-electron chi connectivity index (χ2n) is 5.63. The summed E-state index contributed by atoms with van der Waals surface area (Å²) >= 11 is 2.84. The quantitative estimate of drug-likeness (QED) is 0.587. The molecule has 5 nitrogen and oxygen atoms in total. The zero-order valence-electron chi connectivity index (χ0n) is 13.9. The Hall–Kier alpha value is -1.84. The Morgan fingerprint density at radius 1 is 1.12 bits per heavy atom. The summed E-state index contributed by atoms with van der Waals surface area (Å²) in [7, 11) is -3.67. The molecular weight excluding hydrogens is 390 g/mol. The summed E-state index contributed by atoms with van der Waals surface area (Å²) in [6.07, 6.45) is -0.690. The van der Waals surface area contributed by atoms with Gasteiger partial charge in [-0.1, -0.05) is 18.2 Å². The number of carbonyl (C=O) groups excluding carboxylic acids is 1. The van der Waals surface area contributed by atoms with Crippen LogP contribution in [0.5, 0.6) is 0 Å². The van der Waals surface area contributed by atoms with Gasteiger partial charge in [-0.2, -0.15) is 0 Å². The molecule has 0 saturated carbocycles. The highest BCUT2D eigenvalue weighted by atomic mass is 32.2. The zero-order chi connectivity index (χ0) is 18.7. The molecule has 1 aromatic carbocycles. The minimum atomic E-state index is -3.67. The van der Waals surface area contributed by atoms with E-state index in [1.807, 2.05) is 17.5 Å². The number of carbonyl (C=O) groups is 1. The molecule has 0 spiro atoms. The maximum Gasteiger partial charge on any atom is 0.240 e. The molecule has 3 aromatic rings. The average Bonchev–Trinajstić information content (AvgIpc) is 3.31. The number of aliphatic hydroxyl groups excluding tert-OH is 1. The molecule has 0 bridgehead atoms. The predicted octanol–water partition coefficient (Wildman–Crippen LogP) is 3.57. The second kappa shape index (κ2) is 7.81. The van der Waals surface area contributed by atoms with Gasteiger partial charge in [-0.25, -0.2) is 13.1 Å². The molecule has 8 heteroatoms. The monoisotopic (exact) mass is 407 g/mol. The number of thiophene rings is 2. The first-order valence-electron chi connectivity index (χ1n) is 7.77. The van der Waals surface area contributed by atoms with Gasteiger partial charge in [0.05, 0.1) is 4.90 Å². The van der Waals surface area contributed by atoms with E-state index in [1.54, 1.807) is 12.1 Å². The minimum Gasteiger partial charge on any atom is -0.382 e. The minimum absolute atomic E-state index is 0.109. The first-order chi connectivity index (χ1) is 12.4. The Morgan fingerprint density at radius 3 is 2.46 bits per heavy atom. The van der Waals surface area contributed by atoms with Crippen molar-refractivity contribution in [2.24, 2.45) is 0 Å². The van der Waals surface area contributed by atoms with Gasteiger partial charge in [-0.3, -0.25) is 4.79 Å². The van der Waals surface area contributed by atoms with Crippen LogP contribution >= 0.6 is 22.7 Å². The summed E-state index contributed by atoms with van der Waals surface area (Å²) in [5.41, 5.74) is 0.467. The molecule has 0 saturated heterocycles. The van der Waals surface area contributed by atoms with Crippen LogP contribution in [0.1, 0.15) is 38.0 Å². The number of sulfonamides is 1. The Bertz CT molecular complexity index is 990. The van der Waals surface area contributed by atoms with Gasteiger partial charge in [0.2, 0.25) is 10.0 Å². The largest absolute Gasteiger partial charge is 0.382 e. The summed E-state index contributed by atoms with van der Waals surface area (Å²) in [6, 6.07) is 13.2. The van der Waals surface area contributed by atoms with Crippen molar-refractivity contribution in [3.63, 3.8) is 0 Å². The molecule has 136 valence electrons. The van der Waals surface area contributed by atoms with Crippen LogP contribution in [0.3, 0.4) is 0 Å². The zero-order valence-corrected chi connectivity index (χ0v) is 16.3. The Kier molecular flexibility index (Phi) is 5.69. The Balaban J connectivity index is 1.67. The first kappa shape index (κ1) is 18.9. The van der Waals surface area contributed by atoms with Crippen LogP contribution in [-0.4, -0.2) is 19.3 Å². The van der Waals surface area contributed by atoms with E-state index in [4.69, 9.17) is 0 Å². The smallest absolute Gasteiger partial charge is 0.240 e. The van der Waals surface area contributed by atoms with Crippen molar-refractivity contribution in [1.29, 1.82) is 0 Å². The number of rotatable bonds is 7. The van der Waals surface area contributed by atoms with Crippen molar-refractivity contribution >= 4 is 38.5 Å². The van der Waals surface area contributed by atoms with Crippen molar-refractivity contribution in [3.05, 3.63) is 74.1 Å². The molecule has 3 rings (SSSR count). The highest BCUT2D eigenvalue weighted by molar-refractivity contribution is 7.89. The normalized spacial score (nSPS) is 12.8. The molecule has 0 aliphatic rings. The molecule has 2 N–H and O–H groups in total. The molecule has 1 unspecified atom stereocenters. The van der Waals surface area contributed by atoms with Crippen LogP contribution in [0.4, 0.5) is 0 Å². The van der Waals surface area contributed by atoms with E-state index in [1.165, 1.54) is 53.9 Å². The van der Waals surface area contributed by atoms with Gasteiger partial charge in [0.25, 0.3) is 0 Å². The topological polar surface area (TPSA) is 83.5 Å². The van der Waals surface area contributed by atoms with E-state index in [0.29, 0.717) is 5.56 Å². The van der Waals surface area contributed by atoms with Gasteiger partial charge in [-0.05, 0) is 42.6 Å². The van der Waals surface area contributed by atoms with E-state index in [9.17, 15) is 18.3 Å². The van der Waals surface area contributed by atoms with Crippen LogP contribution in [-0.2, 0) is 16.6 Å². The lowest BCUT2D eigenvalue weighted by atomic mass is 10.2. The standard InChI is InChI=1S/C18H17NO4S3/c1-12(20)13-4-7-15(8-5-13)26(22,23)19-11-14-6-9-17(25-14)18(21)16-3-2-10-24-16/h2-10,18-19,21H,11H2,1H3. The van der Waals surface area contributed by atoms with Crippen LogP contribution in [0, 0.1) is 0 Å². The predicted molar refractivity (Wildman–Crippen MR) is 103 cm³/mol. The lowest BCUT2D eigenvalue weighted by Crippen LogP contribution is -2.22. The Labute approximate surface area is 160 Å². The number of hydrogen-bond acceptors (Lipinski definition) is 6. The summed E-state index contributed by atoms with van der Waals surface area (Å²) in [4.78, 5) is 13.8. The molecule has 2 heterocycles. The van der Waals surface area contributed by atoms with Crippen molar-refractivity contribution in [3.8, 4) is 0 Å². The van der Waals surface area contributed by atoms with Gasteiger partial charge >= 0.3 is 0 Å². The molecule has 0 aliphatic heterocycles. The summed E-state index contributed by atoms with van der Waals surface area (Å²) < 4.78 is 27.3. The molecule has 0 radical (unpaired) electrons. The third-order valence-electron chi connectivity index (χ3n) is 3.77. The van der Waals surface area contributed by atoms with E-state index in [0.717, 1.165) is 14.6 Å². The van der Waals surface area contributed by atoms with Crippen molar-refractivity contribution in [2.45, 2.75) is 24.5 Å². The number of Topliss-reactive ketones (excluding diaryl/α,β-unsaturated/α-hetero) is 1. The third kappa shape index (κ3) is 4.28. The molecule has 26 heavy (non-hydrogen) atoms. The van der Waals surface area contributed by atoms with Gasteiger partial charge < -0.3 is 5.11 Å². The summed E-state index contributed by atoms with van der Waals surface area (Å²) in [5, 5.41) is 12.2. The van der Waals surface area contributed by atoms with E-state index in [-0.39, 0.29) is 17.2 Å². The average molecular weight is 408 g/mol. The molecule has 0 fully saturated rings. The highest BCUT2D eigenvalue weighted by Crippen LogP contribution is 2.31. The lowest BCUT2D eigenvalue weighted by Gasteiger charge is -2.07. The van der Waals surface area contributed by atoms with Crippen molar-refractivity contribution in [2.75, 3.05) is 0 Å². The SMILES string of the molecule is CC(=O)c1ccc(S(=O)(=O)NCc2ccc(C(O)c3cccs3)s2)cc1. The molecule has 0 amide bonds. The second-order valence-corrected chi connectivity index (χ2v) is 9.57. The maximum atomic E-state index is 12.4. The van der Waals surface area contributed by atoms with Gasteiger partial charge in [0, 0.05) is 26.7 Å². The maximum absolute atomic E-state index is 12.4. The molecular formula is C18H17NO4S3. The van der Waals surface area contributed by atoms with E-state index in [2.05, 4.69) is 4.72 Å². The molecule has 0 aliphatic carbocycles. The Morgan fingerprint density at radius 2 is 1.85 bits per heavy atom. The van der Waals surface area contributed by atoms with Crippen LogP contribution in [0.15, 0.2) is 58.8 Å². The molecule has 1 atom stereocenters. The van der Waals surface area contributed by atoms with Gasteiger partial charge in [0.1, 0.15) is 6.10 Å². The van der Waals surface area contributed by atoms with E-state index >= 15 is 0 Å². The van der Waals surface area contributed by atoms with Crippen molar-refractivity contribution in [1.82, 2.24) is 4.72 Å². The number of nitrogens with one attached hydrogen (secondary N) is 1. The van der Waals surface area contributed by atoms with E-state index < -0.39 is 16.1 Å². The van der Waals surface area contributed by atoms with Gasteiger partial charge in [0.15, 0.2) is 5.78 Å². The third-order valence-corrected chi connectivity index (χ3v) is 7.25. The van der Waals surface area contributed by atoms with Crippen LogP contribution in [0.2, 0.25) is 0 Å². The number of benzene rings is 1. The summed E-state index contributed by atoms with van der Waals surface area (Å²) in [5.74, 6) is -0.114. The first-order valence-corrected chi connectivity index (χ1v) is 11.0. The summed E-state index contributed by atoms with van der Waals surface area (Å²) in [6.45, 7) is 1.57. The number of ketones is 1.